The van der Waals surface area contributed by atoms with E-state index in [0.717, 1.165) is 0 Å². The van der Waals surface area contributed by atoms with E-state index < -0.39 is 26.4 Å². The molecule has 7 nitrogen and oxygen atoms in total. The first-order valence-electron chi connectivity index (χ1n) is 6.62. The number of anilines is 1. The monoisotopic (exact) mass is 334 g/mol. The third-order valence-corrected chi connectivity index (χ3v) is 4.75. The number of nitrogens with zero attached hydrogens (tertiary/aromatic N) is 1. The Bertz CT molecular complexity index is 847. The van der Waals surface area contributed by atoms with Crippen LogP contribution in [-0.2, 0) is 14.6 Å². The minimum absolute atomic E-state index is 0.0653. The highest BCUT2D eigenvalue weighted by Crippen LogP contribution is 2.21. The predicted molar refractivity (Wildman–Crippen MR) is 85.0 cm³/mol. The fourth-order valence-corrected chi connectivity index (χ4v) is 3.13. The zero-order chi connectivity index (χ0) is 17.0. The standard InChI is InChI=1S/C15H14N2O5S/c1-11-9-12(17(19)20)7-8-14(11)16-15(18)10-23(21,22)13-5-3-2-4-6-13/h2-9H,10H2,1H3,(H,16,18). The Balaban J connectivity index is 2.13. The van der Waals surface area contributed by atoms with Crippen molar-refractivity contribution in [2.75, 3.05) is 11.1 Å². The van der Waals surface area contributed by atoms with Crippen molar-refractivity contribution in [1.82, 2.24) is 0 Å². The highest BCUT2D eigenvalue weighted by Gasteiger charge is 2.19. The average Bonchev–Trinajstić information content (AvgIpc) is 2.49. The van der Waals surface area contributed by atoms with E-state index in [9.17, 15) is 23.3 Å². The molecular weight excluding hydrogens is 320 g/mol. The smallest absolute Gasteiger partial charge is 0.269 e. The van der Waals surface area contributed by atoms with E-state index in [1.54, 1.807) is 25.1 Å². The molecule has 8 heteroatoms. The van der Waals surface area contributed by atoms with Crippen molar-refractivity contribution < 1.29 is 18.1 Å². The van der Waals surface area contributed by atoms with Gasteiger partial charge in [-0.2, -0.15) is 0 Å². The van der Waals surface area contributed by atoms with Gasteiger partial charge >= 0.3 is 0 Å². The Morgan fingerprint density at radius 3 is 2.39 bits per heavy atom. The molecule has 0 fully saturated rings. The Morgan fingerprint density at radius 2 is 1.83 bits per heavy atom. The summed E-state index contributed by atoms with van der Waals surface area (Å²) >= 11 is 0. The van der Waals surface area contributed by atoms with Gasteiger partial charge in [-0.25, -0.2) is 8.42 Å². The Hall–Kier alpha value is -2.74. The predicted octanol–water partition coefficient (Wildman–Crippen LogP) is 2.32. The lowest BCUT2D eigenvalue weighted by molar-refractivity contribution is -0.384. The summed E-state index contributed by atoms with van der Waals surface area (Å²) in [5.41, 5.74) is 0.714. The van der Waals surface area contributed by atoms with Crippen LogP contribution in [0.2, 0.25) is 0 Å². The van der Waals surface area contributed by atoms with E-state index >= 15 is 0 Å². The topological polar surface area (TPSA) is 106 Å². The van der Waals surface area contributed by atoms with Crippen LogP contribution in [0.1, 0.15) is 5.56 Å². The summed E-state index contributed by atoms with van der Waals surface area (Å²) in [5.74, 6) is -1.40. The molecule has 1 amide bonds. The fraction of sp³-hybridized carbons (Fsp3) is 0.133. The number of nitro groups is 1. The number of nitro benzene ring substituents is 1. The molecule has 0 spiro atoms. The van der Waals surface area contributed by atoms with Crippen molar-refractivity contribution in [3.05, 3.63) is 64.2 Å². The van der Waals surface area contributed by atoms with Crippen LogP contribution in [0.5, 0.6) is 0 Å². The summed E-state index contributed by atoms with van der Waals surface area (Å²) < 4.78 is 24.2. The molecule has 120 valence electrons. The molecule has 23 heavy (non-hydrogen) atoms. The van der Waals surface area contributed by atoms with Crippen LogP contribution in [0.3, 0.4) is 0 Å². The van der Waals surface area contributed by atoms with Gasteiger partial charge in [0.25, 0.3) is 5.69 Å². The van der Waals surface area contributed by atoms with E-state index in [4.69, 9.17) is 0 Å². The summed E-state index contributed by atoms with van der Waals surface area (Å²) in [6.45, 7) is 1.59. The molecule has 0 heterocycles. The number of rotatable bonds is 5. The molecule has 0 aliphatic carbocycles. The second-order valence-corrected chi connectivity index (χ2v) is 6.87. The molecule has 0 saturated carbocycles. The quantitative estimate of drug-likeness (QED) is 0.667. The number of carbonyl (C=O) groups is 1. The zero-order valence-electron chi connectivity index (χ0n) is 12.2. The number of carbonyl (C=O) groups excluding carboxylic acids is 1. The van der Waals surface area contributed by atoms with Gasteiger partial charge in [-0.05, 0) is 30.7 Å². The third-order valence-electron chi connectivity index (χ3n) is 3.12. The maximum atomic E-state index is 12.1. The number of sulfone groups is 1. The van der Waals surface area contributed by atoms with Crippen molar-refractivity contribution in [1.29, 1.82) is 0 Å². The Kier molecular flexibility index (Phi) is 4.75. The summed E-state index contributed by atoms with van der Waals surface area (Å²) in [4.78, 5) is 22.1. The van der Waals surface area contributed by atoms with Crippen LogP contribution in [0.25, 0.3) is 0 Å². The second kappa shape index (κ2) is 6.57. The van der Waals surface area contributed by atoms with E-state index in [-0.39, 0.29) is 10.6 Å². The van der Waals surface area contributed by atoms with Crippen LogP contribution >= 0.6 is 0 Å². The molecule has 2 aromatic rings. The lowest BCUT2D eigenvalue weighted by Gasteiger charge is -2.09. The molecule has 0 radical (unpaired) electrons. The molecule has 0 aliphatic heterocycles. The van der Waals surface area contributed by atoms with Gasteiger partial charge in [0.2, 0.25) is 5.91 Å². The molecule has 0 saturated heterocycles. The van der Waals surface area contributed by atoms with E-state index in [1.807, 2.05) is 0 Å². The molecule has 2 rings (SSSR count). The first-order chi connectivity index (χ1) is 10.8. The molecule has 0 aliphatic rings. The van der Waals surface area contributed by atoms with Crippen LogP contribution in [0.4, 0.5) is 11.4 Å². The maximum absolute atomic E-state index is 12.1. The molecule has 0 atom stereocenters. The number of hydrogen-bond donors (Lipinski definition) is 1. The number of benzene rings is 2. The normalized spacial score (nSPS) is 11.0. The number of non-ortho nitro benzene ring substituents is 1. The summed E-state index contributed by atoms with van der Waals surface area (Å²) in [7, 11) is -3.73. The first-order valence-corrected chi connectivity index (χ1v) is 8.27. The van der Waals surface area contributed by atoms with E-state index in [0.29, 0.717) is 11.3 Å². The molecule has 2 aromatic carbocycles. The van der Waals surface area contributed by atoms with Gasteiger partial charge < -0.3 is 5.32 Å². The fourth-order valence-electron chi connectivity index (χ4n) is 1.97. The lowest BCUT2D eigenvalue weighted by atomic mass is 10.2. The van der Waals surface area contributed by atoms with Crippen LogP contribution in [-0.4, -0.2) is 25.0 Å². The average molecular weight is 334 g/mol. The number of amides is 1. The Morgan fingerprint density at radius 1 is 1.17 bits per heavy atom. The van der Waals surface area contributed by atoms with E-state index in [2.05, 4.69) is 5.32 Å². The van der Waals surface area contributed by atoms with Crippen LogP contribution < -0.4 is 5.32 Å². The summed E-state index contributed by atoms with van der Waals surface area (Å²) in [6, 6.07) is 11.6. The highest BCUT2D eigenvalue weighted by molar-refractivity contribution is 7.92. The number of aryl methyl sites for hydroxylation is 1. The van der Waals surface area contributed by atoms with Gasteiger partial charge in [-0.1, -0.05) is 18.2 Å². The zero-order valence-corrected chi connectivity index (χ0v) is 13.0. The highest BCUT2D eigenvalue weighted by atomic mass is 32.2. The van der Waals surface area contributed by atoms with Crippen molar-refractivity contribution in [3.8, 4) is 0 Å². The second-order valence-electron chi connectivity index (χ2n) is 4.88. The van der Waals surface area contributed by atoms with Gasteiger partial charge in [-0.3, -0.25) is 14.9 Å². The van der Waals surface area contributed by atoms with Crippen molar-refractivity contribution in [2.45, 2.75) is 11.8 Å². The van der Waals surface area contributed by atoms with Crippen molar-refractivity contribution in [3.63, 3.8) is 0 Å². The first kappa shape index (κ1) is 16.6. The van der Waals surface area contributed by atoms with Crippen molar-refractivity contribution in [2.24, 2.45) is 0 Å². The SMILES string of the molecule is Cc1cc([N+](=O)[O-])ccc1NC(=O)CS(=O)(=O)c1ccccc1. The van der Waals surface area contributed by atoms with Crippen LogP contribution in [0, 0.1) is 17.0 Å². The van der Waals surface area contributed by atoms with Gasteiger partial charge in [-0.15, -0.1) is 0 Å². The molecule has 0 bridgehead atoms. The van der Waals surface area contributed by atoms with E-state index in [1.165, 1.54) is 30.3 Å². The minimum atomic E-state index is -3.73. The Labute approximate surface area is 133 Å². The van der Waals surface area contributed by atoms with Gasteiger partial charge in [0, 0.05) is 17.8 Å². The molecule has 1 N–H and O–H groups in total. The van der Waals surface area contributed by atoms with Gasteiger partial charge in [0.1, 0.15) is 5.75 Å². The summed E-state index contributed by atoms with van der Waals surface area (Å²) in [6.07, 6.45) is 0. The van der Waals surface area contributed by atoms with Gasteiger partial charge in [0.15, 0.2) is 9.84 Å². The van der Waals surface area contributed by atoms with Gasteiger partial charge in [0.05, 0.1) is 9.82 Å². The van der Waals surface area contributed by atoms with Crippen LogP contribution in [0.15, 0.2) is 53.4 Å². The summed E-state index contributed by atoms with van der Waals surface area (Å²) in [5, 5.41) is 13.1. The maximum Gasteiger partial charge on any atom is 0.269 e. The minimum Gasteiger partial charge on any atom is -0.325 e. The number of nitrogens with one attached hydrogen (secondary N) is 1. The number of hydrogen-bond acceptors (Lipinski definition) is 5. The molecular formula is C15H14N2O5S. The van der Waals surface area contributed by atoms with Crippen molar-refractivity contribution >= 4 is 27.1 Å². The molecule has 0 aromatic heterocycles. The third kappa shape index (κ3) is 4.13. The lowest BCUT2D eigenvalue weighted by Crippen LogP contribution is -2.23. The molecule has 0 unspecified atom stereocenters. The largest absolute Gasteiger partial charge is 0.325 e.